The molecule has 2 unspecified atom stereocenters. The lowest BCUT2D eigenvalue weighted by Crippen LogP contribution is -2.32. The van der Waals surface area contributed by atoms with E-state index in [2.05, 4.69) is 11.4 Å². The molecule has 1 aromatic carbocycles. The third-order valence-corrected chi connectivity index (χ3v) is 3.63. The third-order valence-electron chi connectivity index (χ3n) is 3.63. The number of amides is 1. The fraction of sp³-hybridized carbons (Fsp3) is 0.500. The molecule has 1 fully saturated rings. The second-order valence-corrected chi connectivity index (χ2v) is 5.18. The van der Waals surface area contributed by atoms with Crippen molar-refractivity contribution in [1.29, 1.82) is 5.26 Å². The first-order valence-corrected chi connectivity index (χ1v) is 7.08. The number of benzene rings is 1. The summed E-state index contributed by atoms with van der Waals surface area (Å²) in [6.45, 7) is 2.24. The van der Waals surface area contributed by atoms with Crippen LogP contribution in [0, 0.1) is 23.2 Å². The van der Waals surface area contributed by atoms with Crippen LogP contribution in [-0.2, 0) is 16.0 Å². The molecular formula is C16H20N2O2. The zero-order chi connectivity index (χ0) is 14.2. The van der Waals surface area contributed by atoms with Crippen LogP contribution in [0.5, 0.6) is 0 Å². The maximum atomic E-state index is 12.0. The van der Waals surface area contributed by atoms with Gasteiger partial charge < -0.3 is 10.1 Å². The molecule has 1 heterocycles. The lowest BCUT2D eigenvalue weighted by molar-refractivity contribution is -0.123. The van der Waals surface area contributed by atoms with Gasteiger partial charge in [0, 0.05) is 19.8 Å². The SMILES string of the molecule is N#CC(Cc1ccccc1)C(=O)NCCC1CCOC1. The minimum absolute atomic E-state index is 0.171. The number of carbonyl (C=O) groups is 1. The summed E-state index contributed by atoms with van der Waals surface area (Å²) in [6.07, 6.45) is 2.46. The van der Waals surface area contributed by atoms with Crippen LogP contribution < -0.4 is 5.32 Å². The molecule has 0 bridgehead atoms. The number of hydrogen-bond acceptors (Lipinski definition) is 3. The van der Waals surface area contributed by atoms with E-state index in [0.29, 0.717) is 18.9 Å². The van der Waals surface area contributed by atoms with E-state index in [0.717, 1.165) is 31.6 Å². The van der Waals surface area contributed by atoms with E-state index in [4.69, 9.17) is 10.00 Å². The summed E-state index contributed by atoms with van der Waals surface area (Å²) in [5, 5.41) is 12.0. The van der Waals surface area contributed by atoms with Gasteiger partial charge in [-0.05, 0) is 30.7 Å². The number of carbonyl (C=O) groups excluding carboxylic acids is 1. The van der Waals surface area contributed by atoms with Crippen molar-refractivity contribution in [2.24, 2.45) is 11.8 Å². The Morgan fingerprint density at radius 1 is 1.45 bits per heavy atom. The van der Waals surface area contributed by atoms with Gasteiger partial charge in [0.05, 0.1) is 6.07 Å². The molecule has 1 aliphatic rings. The molecule has 2 rings (SSSR count). The molecule has 4 nitrogen and oxygen atoms in total. The Labute approximate surface area is 119 Å². The van der Waals surface area contributed by atoms with Gasteiger partial charge in [0.2, 0.25) is 5.91 Å². The Hall–Kier alpha value is -1.86. The van der Waals surface area contributed by atoms with Crippen LogP contribution in [0.4, 0.5) is 0 Å². The highest BCUT2D eigenvalue weighted by atomic mass is 16.5. The van der Waals surface area contributed by atoms with Gasteiger partial charge in [0.15, 0.2) is 0 Å². The average Bonchev–Trinajstić information content (AvgIpc) is 2.99. The lowest BCUT2D eigenvalue weighted by Gasteiger charge is -2.12. The first-order valence-electron chi connectivity index (χ1n) is 7.08. The van der Waals surface area contributed by atoms with Crippen LogP contribution in [0.2, 0.25) is 0 Å². The fourth-order valence-corrected chi connectivity index (χ4v) is 2.38. The number of nitriles is 1. The van der Waals surface area contributed by atoms with Crippen LogP contribution >= 0.6 is 0 Å². The first-order chi connectivity index (χ1) is 9.79. The zero-order valence-electron chi connectivity index (χ0n) is 11.5. The van der Waals surface area contributed by atoms with Gasteiger partial charge in [0.25, 0.3) is 0 Å². The molecule has 0 aromatic heterocycles. The Bertz CT molecular complexity index is 461. The van der Waals surface area contributed by atoms with Crippen LogP contribution in [0.1, 0.15) is 18.4 Å². The van der Waals surface area contributed by atoms with Gasteiger partial charge in [0.1, 0.15) is 5.92 Å². The molecule has 0 radical (unpaired) electrons. The summed E-state index contributed by atoms with van der Waals surface area (Å²) in [5.41, 5.74) is 1.01. The van der Waals surface area contributed by atoms with E-state index in [-0.39, 0.29) is 5.91 Å². The molecule has 1 aromatic rings. The Morgan fingerprint density at radius 2 is 2.25 bits per heavy atom. The molecule has 1 aliphatic heterocycles. The van der Waals surface area contributed by atoms with E-state index in [1.54, 1.807) is 0 Å². The molecule has 20 heavy (non-hydrogen) atoms. The normalized spacial score (nSPS) is 19.2. The molecule has 0 spiro atoms. The Morgan fingerprint density at radius 3 is 2.90 bits per heavy atom. The summed E-state index contributed by atoms with van der Waals surface area (Å²) in [6, 6.07) is 11.7. The van der Waals surface area contributed by atoms with Crippen LogP contribution in [0.25, 0.3) is 0 Å². The summed E-state index contributed by atoms with van der Waals surface area (Å²) in [5.74, 6) is -0.238. The largest absolute Gasteiger partial charge is 0.381 e. The second-order valence-electron chi connectivity index (χ2n) is 5.18. The predicted octanol–water partition coefficient (Wildman–Crippen LogP) is 1.91. The molecule has 0 saturated carbocycles. The van der Waals surface area contributed by atoms with Crippen molar-refractivity contribution in [2.45, 2.75) is 19.3 Å². The van der Waals surface area contributed by atoms with Crippen molar-refractivity contribution in [1.82, 2.24) is 5.32 Å². The average molecular weight is 272 g/mol. The molecule has 4 heteroatoms. The second kappa shape index (κ2) is 7.66. The van der Waals surface area contributed by atoms with Crippen LogP contribution in [0.3, 0.4) is 0 Å². The van der Waals surface area contributed by atoms with Gasteiger partial charge in [-0.1, -0.05) is 30.3 Å². The minimum Gasteiger partial charge on any atom is -0.381 e. The number of rotatable bonds is 6. The van der Waals surface area contributed by atoms with E-state index in [1.807, 2.05) is 30.3 Å². The van der Waals surface area contributed by atoms with Gasteiger partial charge in [-0.2, -0.15) is 5.26 Å². The number of nitrogens with one attached hydrogen (secondary N) is 1. The molecular weight excluding hydrogens is 252 g/mol. The van der Waals surface area contributed by atoms with E-state index in [1.165, 1.54) is 0 Å². The quantitative estimate of drug-likeness (QED) is 0.860. The molecule has 1 N–H and O–H groups in total. The Kier molecular flexibility index (Phi) is 5.57. The standard InChI is InChI=1S/C16H20N2O2/c17-11-15(10-13-4-2-1-3-5-13)16(19)18-8-6-14-7-9-20-12-14/h1-5,14-15H,6-10,12H2,(H,18,19). The summed E-state index contributed by atoms with van der Waals surface area (Å²) in [4.78, 5) is 12.0. The summed E-state index contributed by atoms with van der Waals surface area (Å²) in [7, 11) is 0. The Balaban J connectivity index is 1.75. The van der Waals surface area contributed by atoms with Gasteiger partial charge >= 0.3 is 0 Å². The van der Waals surface area contributed by atoms with Crippen molar-refractivity contribution in [3.63, 3.8) is 0 Å². The zero-order valence-corrected chi connectivity index (χ0v) is 11.5. The number of nitrogens with zero attached hydrogens (tertiary/aromatic N) is 1. The summed E-state index contributed by atoms with van der Waals surface area (Å²) < 4.78 is 5.30. The van der Waals surface area contributed by atoms with Gasteiger partial charge in [-0.25, -0.2) is 0 Å². The summed E-state index contributed by atoms with van der Waals surface area (Å²) >= 11 is 0. The van der Waals surface area contributed by atoms with E-state index in [9.17, 15) is 4.79 Å². The van der Waals surface area contributed by atoms with Gasteiger partial charge in [-0.15, -0.1) is 0 Å². The topological polar surface area (TPSA) is 62.1 Å². The number of hydrogen-bond donors (Lipinski definition) is 1. The van der Waals surface area contributed by atoms with Crippen molar-refractivity contribution in [2.75, 3.05) is 19.8 Å². The molecule has 2 atom stereocenters. The van der Waals surface area contributed by atoms with E-state index < -0.39 is 5.92 Å². The number of ether oxygens (including phenoxy) is 1. The molecule has 1 saturated heterocycles. The highest BCUT2D eigenvalue weighted by molar-refractivity contribution is 5.81. The molecule has 1 amide bonds. The van der Waals surface area contributed by atoms with Crippen LogP contribution in [-0.4, -0.2) is 25.7 Å². The predicted molar refractivity (Wildman–Crippen MR) is 75.8 cm³/mol. The molecule has 106 valence electrons. The monoisotopic (exact) mass is 272 g/mol. The smallest absolute Gasteiger partial charge is 0.237 e. The van der Waals surface area contributed by atoms with Crippen LogP contribution in [0.15, 0.2) is 30.3 Å². The van der Waals surface area contributed by atoms with Crippen molar-refractivity contribution >= 4 is 5.91 Å². The highest BCUT2D eigenvalue weighted by Gasteiger charge is 2.19. The molecule has 0 aliphatic carbocycles. The van der Waals surface area contributed by atoms with Crippen molar-refractivity contribution in [3.05, 3.63) is 35.9 Å². The lowest BCUT2D eigenvalue weighted by atomic mass is 9.99. The maximum absolute atomic E-state index is 12.0. The fourth-order valence-electron chi connectivity index (χ4n) is 2.38. The maximum Gasteiger partial charge on any atom is 0.237 e. The third kappa shape index (κ3) is 4.36. The minimum atomic E-state index is -0.614. The highest BCUT2D eigenvalue weighted by Crippen LogP contribution is 2.15. The van der Waals surface area contributed by atoms with E-state index >= 15 is 0 Å². The van der Waals surface area contributed by atoms with Gasteiger partial charge in [-0.3, -0.25) is 4.79 Å². The first kappa shape index (κ1) is 14.5. The van der Waals surface area contributed by atoms with Crippen molar-refractivity contribution < 1.29 is 9.53 Å². The van der Waals surface area contributed by atoms with Crippen molar-refractivity contribution in [3.8, 4) is 6.07 Å².